The molecular weight excluding hydrogens is 364 g/mol. The molecule has 1 aromatic heterocycles. The lowest BCUT2D eigenvalue weighted by Gasteiger charge is -2.24. The molecule has 1 heterocycles. The van der Waals surface area contributed by atoms with Gasteiger partial charge in [0.1, 0.15) is 0 Å². The summed E-state index contributed by atoms with van der Waals surface area (Å²) in [6.07, 6.45) is 1.54. The lowest BCUT2D eigenvalue weighted by molar-refractivity contribution is -0.117. The van der Waals surface area contributed by atoms with Gasteiger partial charge in [0.15, 0.2) is 5.15 Å². The Labute approximate surface area is 151 Å². The van der Waals surface area contributed by atoms with Gasteiger partial charge in [0, 0.05) is 12.2 Å². The molecule has 2 aromatic rings. The van der Waals surface area contributed by atoms with Crippen molar-refractivity contribution in [3.05, 3.63) is 53.3 Å². The average molecular weight is 383 g/mol. The molecule has 7 nitrogen and oxygen atoms in total. The van der Waals surface area contributed by atoms with Gasteiger partial charge in [0.2, 0.25) is 15.9 Å². The van der Waals surface area contributed by atoms with Gasteiger partial charge in [-0.2, -0.15) is 0 Å². The number of rotatable bonds is 6. The molecule has 0 bridgehead atoms. The third-order valence-electron chi connectivity index (χ3n) is 3.78. The van der Waals surface area contributed by atoms with Gasteiger partial charge in [-0.25, -0.2) is 18.5 Å². The summed E-state index contributed by atoms with van der Waals surface area (Å²) >= 11 is 5.92. The van der Waals surface area contributed by atoms with Crippen molar-refractivity contribution in [2.45, 2.75) is 17.9 Å². The predicted molar refractivity (Wildman–Crippen MR) is 96.7 cm³/mol. The van der Waals surface area contributed by atoms with Gasteiger partial charge < -0.3 is 5.32 Å². The summed E-state index contributed by atoms with van der Waals surface area (Å²) in [6.45, 7) is 2.04. The van der Waals surface area contributed by atoms with Gasteiger partial charge in [-0.15, -0.1) is 0 Å². The second-order valence-corrected chi connectivity index (χ2v) is 7.51. The molecule has 3 N–H and O–H groups in total. The zero-order valence-corrected chi connectivity index (χ0v) is 15.4. The van der Waals surface area contributed by atoms with E-state index in [4.69, 9.17) is 16.7 Å². The van der Waals surface area contributed by atoms with Crippen LogP contribution in [0.3, 0.4) is 0 Å². The molecule has 1 unspecified atom stereocenters. The zero-order valence-electron chi connectivity index (χ0n) is 13.8. The standard InChI is InChI=1S/C16H19ClN4O3S/c1-11(12-5-7-13(8-6-12)25(18,23)24)21(2)10-15(22)20-14-4-3-9-19-16(14)17/h3-9,11H,10H2,1-2H3,(H,20,22)(H2,18,23,24). The molecule has 0 fully saturated rings. The maximum atomic E-state index is 12.2. The van der Waals surface area contributed by atoms with Crippen molar-refractivity contribution < 1.29 is 13.2 Å². The lowest BCUT2D eigenvalue weighted by Crippen LogP contribution is -2.32. The van der Waals surface area contributed by atoms with E-state index < -0.39 is 10.0 Å². The van der Waals surface area contributed by atoms with Crippen LogP contribution in [-0.4, -0.2) is 37.8 Å². The van der Waals surface area contributed by atoms with Crippen LogP contribution in [0.2, 0.25) is 5.15 Å². The highest BCUT2D eigenvalue weighted by Gasteiger charge is 2.17. The molecule has 1 atom stereocenters. The molecule has 0 aliphatic heterocycles. The summed E-state index contributed by atoms with van der Waals surface area (Å²) in [7, 11) is -1.93. The molecule has 1 amide bonds. The number of anilines is 1. The van der Waals surface area contributed by atoms with Crippen LogP contribution in [0.4, 0.5) is 5.69 Å². The number of primary sulfonamides is 1. The van der Waals surface area contributed by atoms with E-state index in [0.29, 0.717) is 5.69 Å². The molecule has 0 spiro atoms. The molecule has 2 rings (SSSR count). The Bertz CT molecular complexity index is 856. The van der Waals surface area contributed by atoms with Crippen molar-refractivity contribution in [3.8, 4) is 0 Å². The van der Waals surface area contributed by atoms with Gasteiger partial charge in [-0.3, -0.25) is 9.69 Å². The van der Waals surface area contributed by atoms with E-state index in [-0.39, 0.29) is 28.5 Å². The number of carbonyl (C=O) groups is 1. The van der Waals surface area contributed by atoms with Crippen LogP contribution in [0, 0.1) is 0 Å². The van der Waals surface area contributed by atoms with Crippen LogP contribution >= 0.6 is 11.6 Å². The first kappa shape index (κ1) is 19.3. The number of nitrogens with two attached hydrogens (primary N) is 1. The molecule has 9 heteroatoms. The van der Waals surface area contributed by atoms with E-state index in [1.54, 1.807) is 31.3 Å². The maximum Gasteiger partial charge on any atom is 0.238 e. The fourth-order valence-corrected chi connectivity index (χ4v) is 2.90. The van der Waals surface area contributed by atoms with E-state index in [1.165, 1.54) is 18.3 Å². The molecule has 25 heavy (non-hydrogen) atoms. The topological polar surface area (TPSA) is 105 Å². The predicted octanol–water partition coefficient (Wildman–Crippen LogP) is 2.01. The molecule has 0 aliphatic carbocycles. The van der Waals surface area contributed by atoms with Gasteiger partial charge in [-0.05, 0) is 43.8 Å². The van der Waals surface area contributed by atoms with E-state index in [2.05, 4.69) is 10.3 Å². The quantitative estimate of drug-likeness (QED) is 0.743. The minimum Gasteiger partial charge on any atom is -0.322 e. The van der Waals surface area contributed by atoms with E-state index in [0.717, 1.165) is 5.56 Å². The summed E-state index contributed by atoms with van der Waals surface area (Å²) in [5.41, 5.74) is 1.31. The molecule has 134 valence electrons. The Kier molecular flexibility index (Phi) is 6.12. The maximum absolute atomic E-state index is 12.2. The fraction of sp³-hybridized carbons (Fsp3) is 0.250. The number of likely N-dealkylation sites (N-methyl/N-ethyl adjacent to an activating group) is 1. The van der Waals surface area contributed by atoms with Gasteiger partial charge in [0.05, 0.1) is 17.1 Å². The van der Waals surface area contributed by atoms with E-state index in [1.807, 2.05) is 11.8 Å². The Hall–Kier alpha value is -2.00. The van der Waals surface area contributed by atoms with Crippen molar-refractivity contribution in [1.29, 1.82) is 0 Å². The first-order chi connectivity index (χ1) is 11.7. The SMILES string of the molecule is CC(c1ccc(S(N)(=O)=O)cc1)N(C)CC(=O)Nc1cccnc1Cl. The monoisotopic (exact) mass is 382 g/mol. The number of sulfonamides is 1. The van der Waals surface area contributed by atoms with Gasteiger partial charge in [-0.1, -0.05) is 23.7 Å². The highest BCUT2D eigenvalue weighted by molar-refractivity contribution is 7.89. The Morgan fingerprint density at radius 2 is 1.96 bits per heavy atom. The van der Waals surface area contributed by atoms with E-state index in [9.17, 15) is 13.2 Å². The highest BCUT2D eigenvalue weighted by Crippen LogP contribution is 2.21. The Morgan fingerprint density at radius 1 is 1.32 bits per heavy atom. The van der Waals surface area contributed by atoms with Crippen LogP contribution in [0.25, 0.3) is 0 Å². The molecule has 0 saturated carbocycles. The van der Waals surface area contributed by atoms with Crippen molar-refractivity contribution in [2.24, 2.45) is 5.14 Å². The van der Waals surface area contributed by atoms with Gasteiger partial charge in [0.25, 0.3) is 0 Å². The second-order valence-electron chi connectivity index (χ2n) is 5.60. The van der Waals surface area contributed by atoms with Crippen molar-refractivity contribution in [1.82, 2.24) is 9.88 Å². The summed E-state index contributed by atoms with van der Waals surface area (Å²) in [4.78, 5) is 17.9. The summed E-state index contributed by atoms with van der Waals surface area (Å²) < 4.78 is 22.6. The molecule has 0 aliphatic rings. The molecular formula is C16H19ClN4O3S. The smallest absolute Gasteiger partial charge is 0.238 e. The number of halogens is 1. The summed E-state index contributed by atoms with van der Waals surface area (Å²) in [5, 5.41) is 8.02. The normalized spacial score (nSPS) is 12.8. The summed E-state index contributed by atoms with van der Waals surface area (Å²) in [5.74, 6) is -0.231. The van der Waals surface area contributed by atoms with Crippen LogP contribution in [-0.2, 0) is 14.8 Å². The fourth-order valence-electron chi connectivity index (χ4n) is 2.22. The number of aromatic nitrogens is 1. The largest absolute Gasteiger partial charge is 0.322 e. The highest BCUT2D eigenvalue weighted by atomic mass is 35.5. The van der Waals surface area contributed by atoms with Crippen LogP contribution in [0.1, 0.15) is 18.5 Å². The zero-order chi connectivity index (χ0) is 18.6. The van der Waals surface area contributed by atoms with Crippen molar-refractivity contribution in [2.75, 3.05) is 18.9 Å². The first-order valence-electron chi connectivity index (χ1n) is 7.42. The van der Waals surface area contributed by atoms with Crippen LogP contribution in [0.5, 0.6) is 0 Å². The van der Waals surface area contributed by atoms with Crippen molar-refractivity contribution in [3.63, 3.8) is 0 Å². The number of nitrogens with zero attached hydrogens (tertiary/aromatic N) is 2. The third kappa shape index (κ3) is 5.23. The minimum absolute atomic E-state index is 0.0510. The lowest BCUT2D eigenvalue weighted by atomic mass is 10.1. The molecule has 0 saturated heterocycles. The second kappa shape index (κ2) is 7.92. The summed E-state index contributed by atoms with van der Waals surface area (Å²) in [6, 6.07) is 9.50. The number of benzene rings is 1. The van der Waals surface area contributed by atoms with Crippen LogP contribution < -0.4 is 10.5 Å². The third-order valence-corrected chi connectivity index (χ3v) is 5.01. The van der Waals surface area contributed by atoms with Crippen molar-refractivity contribution >= 4 is 33.2 Å². The first-order valence-corrected chi connectivity index (χ1v) is 9.34. The number of pyridine rings is 1. The number of hydrogen-bond acceptors (Lipinski definition) is 5. The minimum atomic E-state index is -3.72. The van der Waals surface area contributed by atoms with Gasteiger partial charge >= 0.3 is 0 Å². The van der Waals surface area contributed by atoms with Crippen LogP contribution in [0.15, 0.2) is 47.5 Å². The Morgan fingerprint density at radius 3 is 2.52 bits per heavy atom. The number of amides is 1. The average Bonchev–Trinajstić information content (AvgIpc) is 2.55. The Balaban J connectivity index is 2.01. The number of carbonyl (C=O) groups excluding carboxylic acids is 1. The molecule has 1 aromatic carbocycles. The number of hydrogen-bond donors (Lipinski definition) is 2. The molecule has 0 radical (unpaired) electrons. The number of nitrogens with one attached hydrogen (secondary N) is 1. The van der Waals surface area contributed by atoms with E-state index >= 15 is 0 Å².